The molecule has 2 rings (SSSR count). The van der Waals surface area contributed by atoms with Crippen LogP contribution in [0.4, 0.5) is 0 Å². The molecule has 0 atom stereocenters. The van der Waals surface area contributed by atoms with Crippen molar-refractivity contribution in [1.82, 2.24) is 4.98 Å². The van der Waals surface area contributed by atoms with Gasteiger partial charge >= 0.3 is 0 Å². The highest BCUT2D eigenvalue weighted by Crippen LogP contribution is 2.23. The second-order valence-electron chi connectivity index (χ2n) is 2.97. The van der Waals surface area contributed by atoms with Gasteiger partial charge in [0.15, 0.2) is 0 Å². The van der Waals surface area contributed by atoms with Gasteiger partial charge in [0.25, 0.3) is 0 Å². The van der Waals surface area contributed by atoms with Crippen LogP contribution in [0.2, 0.25) is 0 Å². The third kappa shape index (κ3) is 1.61. The number of fused-ring (bicyclic) bond motifs is 1. The van der Waals surface area contributed by atoms with E-state index in [1.54, 1.807) is 6.20 Å². The number of rotatable bonds is 1. The predicted octanol–water partition coefficient (Wildman–Crippen LogP) is 3.06. The quantitative estimate of drug-likeness (QED) is 0.776. The van der Waals surface area contributed by atoms with Crippen LogP contribution in [-0.4, -0.2) is 4.98 Å². The van der Waals surface area contributed by atoms with E-state index in [-0.39, 0.29) is 0 Å². The van der Waals surface area contributed by atoms with Crippen molar-refractivity contribution in [3.05, 3.63) is 40.5 Å². The van der Waals surface area contributed by atoms with Crippen LogP contribution in [0.1, 0.15) is 5.56 Å². The van der Waals surface area contributed by atoms with Crippen LogP contribution in [0.25, 0.3) is 10.9 Å². The van der Waals surface area contributed by atoms with Crippen molar-refractivity contribution < 1.29 is 0 Å². The molecule has 3 heteroatoms. The van der Waals surface area contributed by atoms with E-state index in [0.29, 0.717) is 6.42 Å². The topological polar surface area (TPSA) is 36.7 Å². The van der Waals surface area contributed by atoms with E-state index in [0.717, 1.165) is 20.9 Å². The number of nitriles is 1. The monoisotopic (exact) mass is 246 g/mol. The maximum absolute atomic E-state index is 8.63. The number of hydrogen-bond donors (Lipinski definition) is 0. The number of halogens is 1. The first-order valence-electron chi connectivity index (χ1n) is 4.21. The van der Waals surface area contributed by atoms with E-state index in [1.807, 2.05) is 24.3 Å². The van der Waals surface area contributed by atoms with Crippen molar-refractivity contribution in [3.8, 4) is 6.07 Å². The minimum Gasteiger partial charge on any atom is -0.256 e. The molecule has 0 saturated heterocycles. The zero-order valence-corrected chi connectivity index (χ0v) is 8.95. The third-order valence-electron chi connectivity index (χ3n) is 2.04. The first-order valence-corrected chi connectivity index (χ1v) is 5.00. The Kier molecular flexibility index (Phi) is 2.47. The van der Waals surface area contributed by atoms with E-state index in [2.05, 4.69) is 27.0 Å². The molecule has 0 bridgehead atoms. The lowest BCUT2D eigenvalue weighted by molar-refractivity contribution is 1.25. The van der Waals surface area contributed by atoms with Crippen molar-refractivity contribution in [3.63, 3.8) is 0 Å². The SMILES string of the molecule is N#CCc1cc2cccnc2cc1Br. The first kappa shape index (κ1) is 9.17. The summed E-state index contributed by atoms with van der Waals surface area (Å²) in [6, 6.07) is 9.97. The molecule has 1 aromatic carbocycles. The standard InChI is InChI=1S/C11H7BrN2/c12-10-7-11-9(2-1-5-14-11)6-8(10)3-4-13/h1-2,5-7H,3H2. The van der Waals surface area contributed by atoms with Gasteiger partial charge in [0.05, 0.1) is 18.0 Å². The van der Waals surface area contributed by atoms with Crippen molar-refractivity contribution in [2.45, 2.75) is 6.42 Å². The fourth-order valence-electron chi connectivity index (χ4n) is 1.36. The summed E-state index contributed by atoms with van der Waals surface area (Å²) < 4.78 is 0.949. The van der Waals surface area contributed by atoms with Crippen LogP contribution in [0.5, 0.6) is 0 Å². The number of nitrogens with zero attached hydrogens (tertiary/aromatic N) is 2. The average molecular weight is 247 g/mol. The molecule has 0 fully saturated rings. The molecule has 0 aliphatic carbocycles. The molecule has 68 valence electrons. The minimum atomic E-state index is 0.422. The summed E-state index contributed by atoms with van der Waals surface area (Å²) in [5.41, 5.74) is 1.95. The van der Waals surface area contributed by atoms with E-state index in [4.69, 9.17) is 5.26 Å². The Morgan fingerprint density at radius 2 is 2.29 bits per heavy atom. The Labute approximate surface area is 90.3 Å². The zero-order chi connectivity index (χ0) is 9.97. The number of pyridine rings is 1. The summed E-state index contributed by atoms with van der Waals surface area (Å²) in [7, 11) is 0. The lowest BCUT2D eigenvalue weighted by Gasteiger charge is -2.02. The van der Waals surface area contributed by atoms with Crippen molar-refractivity contribution in [2.75, 3.05) is 0 Å². The predicted molar refractivity (Wildman–Crippen MR) is 58.8 cm³/mol. The Balaban J connectivity index is 2.66. The van der Waals surface area contributed by atoms with Gasteiger partial charge in [-0.05, 0) is 23.8 Å². The molecule has 14 heavy (non-hydrogen) atoms. The van der Waals surface area contributed by atoms with Gasteiger partial charge in [0.1, 0.15) is 0 Å². The summed E-state index contributed by atoms with van der Waals surface area (Å²) in [4.78, 5) is 4.23. The van der Waals surface area contributed by atoms with Crippen LogP contribution in [0.15, 0.2) is 34.9 Å². The molecule has 1 heterocycles. The zero-order valence-electron chi connectivity index (χ0n) is 7.37. The van der Waals surface area contributed by atoms with Gasteiger partial charge in [-0.3, -0.25) is 4.98 Å². The van der Waals surface area contributed by atoms with E-state index >= 15 is 0 Å². The molecule has 0 aliphatic heterocycles. The summed E-state index contributed by atoms with van der Waals surface area (Å²) in [5, 5.41) is 9.70. The Morgan fingerprint density at radius 3 is 3.07 bits per heavy atom. The van der Waals surface area contributed by atoms with E-state index in [1.165, 1.54) is 0 Å². The Morgan fingerprint density at radius 1 is 1.43 bits per heavy atom. The summed E-state index contributed by atoms with van der Waals surface area (Å²) in [6.45, 7) is 0. The molecular weight excluding hydrogens is 240 g/mol. The highest BCUT2D eigenvalue weighted by Gasteiger charge is 2.02. The Hall–Kier alpha value is -1.40. The molecule has 0 aliphatic rings. The smallest absolute Gasteiger partial charge is 0.0713 e. The van der Waals surface area contributed by atoms with Gasteiger partial charge in [-0.2, -0.15) is 5.26 Å². The molecule has 2 aromatic rings. The Bertz CT molecular complexity index is 514. The number of aromatic nitrogens is 1. The lowest BCUT2D eigenvalue weighted by atomic mass is 10.1. The van der Waals surface area contributed by atoms with Crippen molar-refractivity contribution >= 4 is 26.8 Å². The molecule has 0 saturated carbocycles. The van der Waals surface area contributed by atoms with Gasteiger partial charge in [-0.25, -0.2) is 0 Å². The number of hydrogen-bond acceptors (Lipinski definition) is 2. The normalized spacial score (nSPS) is 10.0. The molecule has 0 radical (unpaired) electrons. The van der Waals surface area contributed by atoms with Gasteiger partial charge in [-0.1, -0.05) is 22.0 Å². The largest absolute Gasteiger partial charge is 0.256 e. The highest BCUT2D eigenvalue weighted by atomic mass is 79.9. The second kappa shape index (κ2) is 3.77. The molecular formula is C11H7BrN2. The van der Waals surface area contributed by atoms with Crippen LogP contribution in [-0.2, 0) is 6.42 Å². The third-order valence-corrected chi connectivity index (χ3v) is 2.78. The number of benzene rings is 1. The molecule has 0 amide bonds. The molecule has 2 nitrogen and oxygen atoms in total. The fraction of sp³-hybridized carbons (Fsp3) is 0.0909. The fourth-order valence-corrected chi connectivity index (χ4v) is 1.83. The van der Waals surface area contributed by atoms with Crippen LogP contribution >= 0.6 is 15.9 Å². The molecule has 0 N–H and O–H groups in total. The molecule has 1 aromatic heterocycles. The van der Waals surface area contributed by atoms with Crippen LogP contribution < -0.4 is 0 Å². The highest BCUT2D eigenvalue weighted by molar-refractivity contribution is 9.10. The van der Waals surface area contributed by atoms with Crippen molar-refractivity contribution in [1.29, 1.82) is 5.26 Å². The van der Waals surface area contributed by atoms with Crippen molar-refractivity contribution in [2.24, 2.45) is 0 Å². The van der Waals surface area contributed by atoms with Crippen LogP contribution in [0, 0.1) is 11.3 Å². The molecule has 0 spiro atoms. The maximum atomic E-state index is 8.63. The van der Waals surface area contributed by atoms with Gasteiger partial charge in [0.2, 0.25) is 0 Å². The van der Waals surface area contributed by atoms with Gasteiger partial charge in [-0.15, -0.1) is 0 Å². The first-order chi connectivity index (χ1) is 6.81. The van der Waals surface area contributed by atoms with Gasteiger partial charge in [0, 0.05) is 16.1 Å². The second-order valence-corrected chi connectivity index (χ2v) is 3.83. The van der Waals surface area contributed by atoms with E-state index in [9.17, 15) is 0 Å². The minimum absolute atomic E-state index is 0.422. The van der Waals surface area contributed by atoms with Crippen LogP contribution in [0.3, 0.4) is 0 Å². The van der Waals surface area contributed by atoms with E-state index < -0.39 is 0 Å². The summed E-state index contributed by atoms with van der Waals surface area (Å²) in [6.07, 6.45) is 2.18. The lowest BCUT2D eigenvalue weighted by Crippen LogP contribution is -1.86. The maximum Gasteiger partial charge on any atom is 0.0713 e. The molecule has 0 unspecified atom stereocenters. The summed E-state index contributed by atoms with van der Waals surface area (Å²) in [5.74, 6) is 0. The van der Waals surface area contributed by atoms with Gasteiger partial charge < -0.3 is 0 Å². The average Bonchev–Trinajstić information content (AvgIpc) is 2.19. The summed E-state index contributed by atoms with van der Waals surface area (Å²) >= 11 is 3.43.